The fraction of sp³-hybridized carbons (Fsp3) is 0.381. The maximum absolute atomic E-state index is 13.5. The van der Waals surface area contributed by atoms with Gasteiger partial charge in [0, 0.05) is 18.8 Å². The molecule has 2 atom stereocenters. The summed E-state index contributed by atoms with van der Waals surface area (Å²) in [4.78, 5) is 10.9. The molecule has 0 spiro atoms. The second kappa shape index (κ2) is 10.2. The number of nitrogens with zero attached hydrogens (tertiary/aromatic N) is 2. The lowest BCUT2D eigenvalue weighted by Crippen LogP contribution is -2.53. The number of hydrogen-bond acceptors (Lipinski definition) is 7. The van der Waals surface area contributed by atoms with Gasteiger partial charge in [-0.2, -0.15) is 17.4 Å². The van der Waals surface area contributed by atoms with Gasteiger partial charge in [0.05, 0.1) is 36.4 Å². The van der Waals surface area contributed by atoms with Crippen LogP contribution >= 0.6 is 0 Å². The highest BCUT2D eigenvalue weighted by molar-refractivity contribution is 7.92. The molecule has 15 heteroatoms. The Morgan fingerprint density at radius 3 is 2.53 bits per heavy atom. The Balaban J connectivity index is 1.62. The molecule has 2 aromatic carbocycles. The van der Waals surface area contributed by atoms with Gasteiger partial charge in [0.15, 0.2) is 0 Å². The van der Waals surface area contributed by atoms with Crippen LogP contribution in [0.3, 0.4) is 0 Å². The van der Waals surface area contributed by atoms with Crippen molar-refractivity contribution in [3.8, 4) is 5.75 Å². The van der Waals surface area contributed by atoms with E-state index >= 15 is 0 Å². The monoisotopic (exact) mass is 544 g/mol. The van der Waals surface area contributed by atoms with Crippen molar-refractivity contribution >= 4 is 37.7 Å². The molecule has 0 radical (unpaired) electrons. The molecule has 1 amide bonds. The number of carboxylic acid groups (broad SMARTS) is 1. The zero-order valence-electron chi connectivity index (χ0n) is 19.1. The van der Waals surface area contributed by atoms with Gasteiger partial charge in [-0.1, -0.05) is 0 Å². The number of sulfonamides is 1. The minimum Gasteiger partial charge on any atom is -0.485 e. The van der Waals surface area contributed by atoms with Crippen LogP contribution in [0.5, 0.6) is 5.75 Å². The summed E-state index contributed by atoms with van der Waals surface area (Å²) in [5.41, 5.74) is 0.149. The summed E-state index contributed by atoms with van der Waals surface area (Å²) in [5, 5.41) is 11.2. The van der Waals surface area contributed by atoms with Crippen LogP contribution in [0, 0.1) is 5.82 Å². The van der Waals surface area contributed by atoms with Crippen molar-refractivity contribution in [2.75, 3.05) is 42.4 Å². The minimum absolute atomic E-state index is 0.0479. The van der Waals surface area contributed by atoms with E-state index in [1.54, 1.807) is 6.92 Å². The van der Waals surface area contributed by atoms with Crippen LogP contribution in [0.25, 0.3) is 0 Å². The minimum atomic E-state index is -4.24. The third kappa shape index (κ3) is 5.70. The number of morpholine rings is 1. The Kier molecular flexibility index (Phi) is 7.38. The van der Waals surface area contributed by atoms with Gasteiger partial charge in [0.2, 0.25) is 0 Å². The van der Waals surface area contributed by atoms with Crippen molar-refractivity contribution in [2.24, 2.45) is 0 Å². The van der Waals surface area contributed by atoms with Crippen LogP contribution in [0.4, 0.5) is 20.6 Å². The molecule has 0 saturated carbocycles. The number of ether oxygens (including phenoxy) is 2. The van der Waals surface area contributed by atoms with E-state index in [2.05, 4.69) is 10.0 Å². The van der Waals surface area contributed by atoms with Crippen molar-refractivity contribution in [3.63, 3.8) is 0 Å². The topological polar surface area (TPSA) is 155 Å². The molecule has 36 heavy (non-hydrogen) atoms. The number of benzene rings is 2. The largest absolute Gasteiger partial charge is 0.485 e. The maximum atomic E-state index is 13.5. The summed E-state index contributed by atoms with van der Waals surface area (Å²) in [6, 6.07) is 8.29. The average Bonchev–Trinajstić information content (AvgIpc) is 2.82. The molecule has 12 nitrogen and oxygen atoms in total. The maximum Gasteiger partial charge on any atom is 0.409 e. The summed E-state index contributed by atoms with van der Waals surface area (Å²) in [5.74, 6) is -0.513. The van der Waals surface area contributed by atoms with Gasteiger partial charge < -0.3 is 14.6 Å². The van der Waals surface area contributed by atoms with Gasteiger partial charge in [-0.15, -0.1) is 0 Å². The predicted octanol–water partition coefficient (Wildman–Crippen LogP) is 1.43. The molecular formula is C21H25FN4O8S2. The van der Waals surface area contributed by atoms with Crippen molar-refractivity contribution in [3.05, 3.63) is 48.3 Å². The zero-order valence-corrected chi connectivity index (χ0v) is 20.8. The van der Waals surface area contributed by atoms with Crippen LogP contribution in [-0.2, 0) is 25.0 Å². The molecule has 2 aromatic rings. The van der Waals surface area contributed by atoms with Gasteiger partial charge in [-0.3, -0.25) is 9.62 Å². The number of fused-ring (bicyclic) bond motifs is 1. The van der Waals surface area contributed by atoms with Gasteiger partial charge in [0.1, 0.15) is 17.7 Å². The lowest BCUT2D eigenvalue weighted by Gasteiger charge is -2.36. The first kappa shape index (κ1) is 26.1. The molecule has 2 aliphatic rings. The van der Waals surface area contributed by atoms with E-state index in [9.17, 15) is 26.0 Å². The lowest BCUT2D eigenvalue weighted by atomic mass is 10.2. The fourth-order valence-electron chi connectivity index (χ4n) is 3.88. The van der Waals surface area contributed by atoms with Gasteiger partial charge >= 0.3 is 6.09 Å². The van der Waals surface area contributed by atoms with Crippen molar-refractivity contribution in [1.82, 2.24) is 9.03 Å². The molecule has 0 bridgehead atoms. The number of amides is 1. The molecule has 2 heterocycles. The number of nitrogens with one attached hydrogen (secondary N) is 2. The van der Waals surface area contributed by atoms with Crippen LogP contribution in [-0.4, -0.2) is 77.3 Å². The number of hydrogen-bond donors (Lipinski definition) is 3. The first-order valence-electron chi connectivity index (χ1n) is 10.9. The Bertz CT molecular complexity index is 1340. The Morgan fingerprint density at radius 2 is 1.86 bits per heavy atom. The highest BCUT2D eigenvalue weighted by atomic mass is 32.2. The number of anilines is 2. The van der Waals surface area contributed by atoms with Crippen molar-refractivity contribution in [2.45, 2.75) is 24.0 Å². The second-order valence-electron chi connectivity index (χ2n) is 8.24. The Morgan fingerprint density at radius 1 is 1.14 bits per heavy atom. The first-order chi connectivity index (χ1) is 17.0. The predicted molar refractivity (Wildman–Crippen MR) is 127 cm³/mol. The van der Waals surface area contributed by atoms with Crippen LogP contribution in [0.1, 0.15) is 6.92 Å². The highest BCUT2D eigenvalue weighted by Crippen LogP contribution is 2.39. The fourth-order valence-corrected chi connectivity index (χ4v) is 6.67. The highest BCUT2D eigenvalue weighted by Gasteiger charge is 2.36. The molecule has 196 valence electrons. The van der Waals surface area contributed by atoms with Crippen LogP contribution in [0.2, 0.25) is 0 Å². The Labute approximate surface area is 207 Å². The van der Waals surface area contributed by atoms with E-state index in [4.69, 9.17) is 14.6 Å². The summed E-state index contributed by atoms with van der Waals surface area (Å²) in [6.07, 6.45) is -2.53. The molecular weight excluding hydrogens is 519 g/mol. The molecule has 0 aliphatic carbocycles. The second-order valence-corrected chi connectivity index (χ2v) is 11.9. The third-order valence-electron chi connectivity index (χ3n) is 5.58. The molecule has 4 rings (SSSR count). The standard InChI is InChI=1S/C21H25FN4O8S2/c1-14-12-25(8-9-33-14)36(31,32)23-11-17-13-26(35(29,30)18-5-2-15(22)3-6-18)19-10-16(24-21(27)28)4-7-20(19)34-17/h2-7,10,14,17,23-24H,8-9,11-13H2,1H3,(H,27,28)/t14?,17-/m0/s1. The number of carbonyl (C=O) groups is 1. The van der Waals surface area contributed by atoms with Gasteiger partial charge in [-0.25, -0.2) is 17.6 Å². The summed E-state index contributed by atoms with van der Waals surface area (Å²) in [7, 11) is -8.13. The molecule has 0 aromatic heterocycles. The molecule has 1 saturated heterocycles. The van der Waals surface area contributed by atoms with Crippen LogP contribution < -0.4 is 19.1 Å². The summed E-state index contributed by atoms with van der Waals surface area (Å²) < 4.78 is 81.8. The van der Waals surface area contributed by atoms with Crippen LogP contribution in [0.15, 0.2) is 47.4 Å². The van der Waals surface area contributed by atoms with E-state index in [1.807, 2.05) is 0 Å². The van der Waals surface area contributed by atoms with E-state index in [-0.39, 0.29) is 60.9 Å². The quantitative estimate of drug-likeness (QED) is 0.473. The van der Waals surface area contributed by atoms with Gasteiger partial charge in [0.25, 0.3) is 20.2 Å². The molecule has 2 aliphatic heterocycles. The SMILES string of the molecule is CC1CN(S(=O)(=O)NC[C@H]2CN(S(=O)(=O)c3ccc(F)cc3)c3cc(NC(=O)O)ccc3O2)CCO1. The number of halogens is 1. The van der Waals surface area contributed by atoms with E-state index in [0.29, 0.717) is 0 Å². The zero-order chi connectivity index (χ0) is 26.1. The normalized spacial score (nSPS) is 20.9. The van der Waals surface area contributed by atoms with Crippen molar-refractivity contribution in [1.29, 1.82) is 0 Å². The molecule has 1 unspecified atom stereocenters. The van der Waals surface area contributed by atoms with E-state index < -0.39 is 38.2 Å². The van der Waals surface area contributed by atoms with E-state index in [0.717, 1.165) is 28.6 Å². The summed E-state index contributed by atoms with van der Waals surface area (Å²) in [6.45, 7) is 1.84. The summed E-state index contributed by atoms with van der Waals surface area (Å²) >= 11 is 0. The van der Waals surface area contributed by atoms with E-state index in [1.165, 1.54) is 22.5 Å². The Hall–Kier alpha value is -2.98. The number of rotatable bonds is 7. The van der Waals surface area contributed by atoms with Crippen molar-refractivity contribution < 1.29 is 40.6 Å². The molecule has 1 fully saturated rings. The van der Waals surface area contributed by atoms with Gasteiger partial charge in [-0.05, 0) is 49.4 Å². The molecule has 3 N–H and O–H groups in total. The lowest BCUT2D eigenvalue weighted by molar-refractivity contribution is 0.00969. The first-order valence-corrected chi connectivity index (χ1v) is 13.8. The average molecular weight is 545 g/mol. The smallest absolute Gasteiger partial charge is 0.409 e. The third-order valence-corrected chi connectivity index (χ3v) is 8.92.